The summed E-state index contributed by atoms with van der Waals surface area (Å²) in [6.07, 6.45) is 0. The van der Waals surface area contributed by atoms with Gasteiger partial charge in [0, 0.05) is 23.8 Å². The van der Waals surface area contributed by atoms with Gasteiger partial charge in [-0.25, -0.2) is 9.37 Å². The average Bonchev–Trinajstić information content (AvgIpc) is 3.09. The van der Waals surface area contributed by atoms with Crippen molar-refractivity contribution in [1.82, 2.24) is 14.9 Å². The van der Waals surface area contributed by atoms with E-state index in [0.717, 1.165) is 33.7 Å². The summed E-state index contributed by atoms with van der Waals surface area (Å²) in [6, 6.07) is 10.2. The number of carbonyl (C=O) groups is 1. The number of morpholine rings is 1. The number of ether oxygens (including phenoxy) is 1. The first kappa shape index (κ1) is 25.1. The van der Waals surface area contributed by atoms with Crippen molar-refractivity contribution in [3.05, 3.63) is 47.8 Å². The molecule has 0 bridgehead atoms. The standard InChI is InChI=1S/C22H25FN4O2.2ClH/c1-13(2)27-20-11-16(23)5-7-18(20)25-21(27)15-4-6-17(14(3)10-15)26-22(28)19-12-29-9-8-24-19;;/h4-7,10-11,13,19,24H,8-9,12H2,1-3H3,(H,26,28);2*1H. The lowest BCUT2D eigenvalue weighted by atomic mass is 10.1. The lowest BCUT2D eigenvalue weighted by molar-refractivity contribution is -0.120. The van der Waals surface area contributed by atoms with E-state index in [1.54, 1.807) is 6.07 Å². The molecule has 2 heterocycles. The van der Waals surface area contributed by atoms with Crippen LogP contribution in [0.5, 0.6) is 0 Å². The summed E-state index contributed by atoms with van der Waals surface area (Å²) >= 11 is 0. The fraction of sp³-hybridized carbons (Fsp3) is 0.364. The van der Waals surface area contributed by atoms with E-state index in [1.807, 2.05) is 29.7 Å². The molecule has 2 N–H and O–H groups in total. The second-order valence-electron chi connectivity index (χ2n) is 7.63. The molecule has 1 atom stereocenters. The number of amides is 1. The number of halogens is 3. The number of aryl methyl sites for hydroxylation is 1. The first-order valence-corrected chi connectivity index (χ1v) is 9.84. The molecule has 31 heavy (non-hydrogen) atoms. The summed E-state index contributed by atoms with van der Waals surface area (Å²) in [5.41, 5.74) is 4.14. The Bertz CT molecular complexity index is 1070. The van der Waals surface area contributed by atoms with Crippen LogP contribution in [0.4, 0.5) is 10.1 Å². The Hall–Kier alpha value is -2.19. The number of nitrogens with one attached hydrogen (secondary N) is 2. The third-order valence-electron chi connectivity index (χ3n) is 5.15. The molecule has 1 saturated heterocycles. The van der Waals surface area contributed by atoms with Gasteiger partial charge < -0.3 is 19.9 Å². The van der Waals surface area contributed by atoms with Crippen LogP contribution in [0.25, 0.3) is 22.4 Å². The summed E-state index contributed by atoms with van der Waals surface area (Å²) in [7, 11) is 0. The predicted octanol–water partition coefficient (Wildman–Crippen LogP) is 4.50. The number of carbonyl (C=O) groups excluding carboxylic acids is 1. The minimum Gasteiger partial charge on any atom is -0.378 e. The van der Waals surface area contributed by atoms with Gasteiger partial charge in [-0.3, -0.25) is 4.79 Å². The van der Waals surface area contributed by atoms with Gasteiger partial charge >= 0.3 is 0 Å². The second kappa shape index (κ2) is 10.4. The largest absolute Gasteiger partial charge is 0.378 e. The van der Waals surface area contributed by atoms with Gasteiger partial charge in [0.05, 0.1) is 24.2 Å². The second-order valence-corrected chi connectivity index (χ2v) is 7.63. The molecule has 6 nitrogen and oxygen atoms in total. The lowest BCUT2D eigenvalue weighted by Gasteiger charge is -2.23. The monoisotopic (exact) mass is 468 g/mol. The number of anilines is 1. The number of hydrogen-bond acceptors (Lipinski definition) is 4. The molecule has 4 rings (SSSR count). The molecule has 2 aromatic carbocycles. The van der Waals surface area contributed by atoms with E-state index in [4.69, 9.17) is 9.72 Å². The van der Waals surface area contributed by atoms with Crippen molar-refractivity contribution < 1.29 is 13.9 Å². The van der Waals surface area contributed by atoms with Gasteiger partial charge in [-0.1, -0.05) is 0 Å². The van der Waals surface area contributed by atoms with Crippen LogP contribution in [0.2, 0.25) is 0 Å². The van der Waals surface area contributed by atoms with Crippen LogP contribution in [0.15, 0.2) is 36.4 Å². The normalized spacial score (nSPS) is 16.0. The maximum Gasteiger partial charge on any atom is 0.243 e. The highest BCUT2D eigenvalue weighted by Gasteiger charge is 2.22. The van der Waals surface area contributed by atoms with Crippen molar-refractivity contribution in [2.75, 3.05) is 25.1 Å². The molecule has 0 aliphatic carbocycles. The van der Waals surface area contributed by atoms with Crippen LogP contribution < -0.4 is 10.6 Å². The van der Waals surface area contributed by atoms with E-state index in [1.165, 1.54) is 12.1 Å². The highest BCUT2D eigenvalue weighted by Crippen LogP contribution is 2.31. The number of fused-ring (bicyclic) bond motifs is 1. The smallest absolute Gasteiger partial charge is 0.243 e. The molecular formula is C22H27Cl2FN4O2. The van der Waals surface area contributed by atoms with E-state index < -0.39 is 0 Å². The molecule has 0 spiro atoms. The Labute approximate surface area is 193 Å². The molecule has 9 heteroatoms. The number of imidazole rings is 1. The zero-order valence-electron chi connectivity index (χ0n) is 17.6. The van der Waals surface area contributed by atoms with Gasteiger partial charge in [0.2, 0.25) is 5.91 Å². The van der Waals surface area contributed by atoms with E-state index >= 15 is 0 Å². The SMILES string of the molecule is Cc1cc(-c2nc3ccc(F)cc3n2C(C)C)ccc1NC(=O)C1COCCN1.Cl.Cl. The Morgan fingerprint density at radius 2 is 2.03 bits per heavy atom. The molecule has 0 saturated carbocycles. The number of aromatic nitrogens is 2. The summed E-state index contributed by atoms with van der Waals surface area (Å²) in [4.78, 5) is 17.2. The quantitative estimate of drug-likeness (QED) is 0.591. The number of hydrogen-bond donors (Lipinski definition) is 2. The summed E-state index contributed by atoms with van der Waals surface area (Å²) < 4.78 is 21.2. The van der Waals surface area contributed by atoms with Gasteiger partial charge in [-0.2, -0.15) is 0 Å². The van der Waals surface area contributed by atoms with Gasteiger partial charge in [-0.05, 0) is 62.7 Å². The fourth-order valence-electron chi connectivity index (χ4n) is 3.69. The van der Waals surface area contributed by atoms with Gasteiger partial charge in [0.25, 0.3) is 0 Å². The molecule has 1 aliphatic heterocycles. The molecule has 1 unspecified atom stereocenters. The zero-order chi connectivity index (χ0) is 20.5. The maximum atomic E-state index is 13.8. The predicted molar refractivity (Wildman–Crippen MR) is 126 cm³/mol. The van der Waals surface area contributed by atoms with Crippen molar-refractivity contribution in [1.29, 1.82) is 0 Å². The zero-order valence-corrected chi connectivity index (χ0v) is 19.3. The number of rotatable bonds is 4. The third kappa shape index (κ3) is 5.18. The van der Waals surface area contributed by atoms with Crippen molar-refractivity contribution in [2.45, 2.75) is 32.9 Å². The van der Waals surface area contributed by atoms with E-state index in [-0.39, 0.29) is 48.6 Å². The van der Waals surface area contributed by atoms with Crippen molar-refractivity contribution in [3.8, 4) is 11.4 Å². The Kier molecular flexibility index (Phi) is 8.42. The van der Waals surface area contributed by atoms with E-state index in [2.05, 4.69) is 24.5 Å². The summed E-state index contributed by atoms with van der Waals surface area (Å²) in [5.74, 6) is 0.398. The lowest BCUT2D eigenvalue weighted by Crippen LogP contribution is -2.48. The molecule has 1 aliphatic rings. The maximum absolute atomic E-state index is 13.8. The molecule has 168 valence electrons. The van der Waals surface area contributed by atoms with Crippen molar-refractivity contribution in [2.24, 2.45) is 0 Å². The Morgan fingerprint density at radius 1 is 1.26 bits per heavy atom. The Balaban J connectivity index is 0.00000171. The minimum absolute atomic E-state index is 0. The van der Waals surface area contributed by atoms with Crippen LogP contribution >= 0.6 is 24.8 Å². The van der Waals surface area contributed by atoms with Crippen LogP contribution in [0.1, 0.15) is 25.5 Å². The highest BCUT2D eigenvalue weighted by molar-refractivity contribution is 5.96. The van der Waals surface area contributed by atoms with Gasteiger partial charge in [0.15, 0.2) is 0 Å². The average molecular weight is 469 g/mol. The van der Waals surface area contributed by atoms with E-state index in [0.29, 0.717) is 19.8 Å². The first-order chi connectivity index (χ1) is 13.9. The first-order valence-electron chi connectivity index (χ1n) is 9.84. The molecule has 1 aromatic heterocycles. The summed E-state index contributed by atoms with van der Waals surface area (Å²) in [6.45, 7) is 7.72. The summed E-state index contributed by atoms with van der Waals surface area (Å²) in [5, 5.41) is 6.13. The third-order valence-corrected chi connectivity index (χ3v) is 5.15. The molecular weight excluding hydrogens is 442 g/mol. The van der Waals surface area contributed by atoms with Crippen molar-refractivity contribution >= 4 is 47.4 Å². The Morgan fingerprint density at radius 3 is 2.68 bits per heavy atom. The van der Waals surface area contributed by atoms with Crippen LogP contribution in [0, 0.1) is 12.7 Å². The van der Waals surface area contributed by atoms with Crippen LogP contribution in [-0.4, -0.2) is 41.3 Å². The molecule has 3 aromatic rings. The van der Waals surface area contributed by atoms with Crippen molar-refractivity contribution in [3.63, 3.8) is 0 Å². The van der Waals surface area contributed by atoms with Crippen LogP contribution in [-0.2, 0) is 9.53 Å². The van der Waals surface area contributed by atoms with Crippen LogP contribution in [0.3, 0.4) is 0 Å². The number of nitrogens with zero attached hydrogens (tertiary/aromatic N) is 2. The fourth-order valence-corrected chi connectivity index (χ4v) is 3.69. The van der Waals surface area contributed by atoms with Gasteiger partial charge in [0.1, 0.15) is 17.7 Å². The van der Waals surface area contributed by atoms with Gasteiger partial charge in [-0.15, -0.1) is 24.8 Å². The number of benzene rings is 2. The molecule has 0 radical (unpaired) electrons. The highest BCUT2D eigenvalue weighted by atomic mass is 35.5. The molecule has 1 fully saturated rings. The molecule has 1 amide bonds. The minimum atomic E-state index is -0.345. The van der Waals surface area contributed by atoms with E-state index in [9.17, 15) is 9.18 Å². The topological polar surface area (TPSA) is 68.2 Å².